The third-order valence-electron chi connectivity index (χ3n) is 2.74. The predicted octanol–water partition coefficient (Wildman–Crippen LogP) is 3.50. The summed E-state index contributed by atoms with van der Waals surface area (Å²) in [4.78, 5) is 6.72. The molecule has 0 fully saturated rings. The number of H-pyrrole nitrogens is 1. The van der Waals surface area contributed by atoms with Crippen LogP contribution in [0.2, 0.25) is 0 Å². The van der Waals surface area contributed by atoms with Crippen LogP contribution in [0.5, 0.6) is 0 Å². The molecule has 1 aromatic carbocycles. The van der Waals surface area contributed by atoms with E-state index >= 15 is 0 Å². The maximum Gasteiger partial charge on any atom is 0.196 e. The molecule has 0 aliphatic rings. The Bertz CT molecular complexity index is 838. The minimum atomic E-state index is -1.53. The Balaban J connectivity index is 2.40. The van der Waals surface area contributed by atoms with Crippen LogP contribution < -0.4 is 0 Å². The van der Waals surface area contributed by atoms with Crippen LogP contribution in [0, 0.1) is 22.2 Å². The van der Waals surface area contributed by atoms with Crippen molar-refractivity contribution in [1.82, 2.24) is 14.5 Å². The zero-order chi connectivity index (χ0) is 13.6. The number of halogens is 3. The molecular formula is C12H6F3N3S. The van der Waals surface area contributed by atoms with Crippen molar-refractivity contribution < 1.29 is 13.2 Å². The van der Waals surface area contributed by atoms with Gasteiger partial charge in [-0.05, 0) is 30.4 Å². The Kier molecular flexibility index (Phi) is 2.63. The Labute approximate surface area is 110 Å². The van der Waals surface area contributed by atoms with Gasteiger partial charge >= 0.3 is 0 Å². The van der Waals surface area contributed by atoms with Gasteiger partial charge in [0.05, 0.1) is 22.9 Å². The zero-order valence-electron chi connectivity index (χ0n) is 9.32. The smallest absolute Gasteiger partial charge is 0.196 e. The van der Waals surface area contributed by atoms with Crippen molar-refractivity contribution in [3.8, 4) is 5.69 Å². The van der Waals surface area contributed by atoms with E-state index in [0.717, 1.165) is 12.1 Å². The Morgan fingerprint density at radius 2 is 1.89 bits per heavy atom. The second-order valence-electron chi connectivity index (χ2n) is 3.85. The molecule has 2 aromatic heterocycles. The average Bonchev–Trinajstić information content (AvgIpc) is 2.73. The second-order valence-corrected chi connectivity index (χ2v) is 4.24. The molecule has 96 valence electrons. The summed E-state index contributed by atoms with van der Waals surface area (Å²) in [6.45, 7) is 0. The third kappa shape index (κ3) is 1.74. The number of aromatic amines is 1. The molecule has 0 saturated carbocycles. The van der Waals surface area contributed by atoms with E-state index in [2.05, 4.69) is 9.97 Å². The van der Waals surface area contributed by atoms with E-state index in [1.165, 1.54) is 17.0 Å². The number of hydrogen-bond acceptors (Lipinski definition) is 2. The summed E-state index contributed by atoms with van der Waals surface area (Å²) in [5.74, 6) is -4.05. The SMILES string of the molecule is Fc1ccc(-n2c(=S)[nH]c3cnccc32)c(F)c1F. The predicted molar refractivity (Wildman–Crippen MR) is 66.1 cm³/mol. The Hall–Kier alpha value is -2.15. The topological polar surface area (TPSA) is 33.6 Å². The molecule has 3 aromatic rings. The zero-order valence-corrected chi connectivity index (χ0v) is 10.1. The third-order valence-corrected chi connectivity index (χ3v) is 3.02. The molecule has 0 amide bonds. The first-order valence-electron chi connectivity index (χ1n) is 5.28. The molecule has 1 N–H and O–H groups in total. The van der Waals surface area contributed by atoms with E-state index in [-0.39, 0.29) is 10.5 Å². The average molecular weight is 281 g/mol. The van der Waals surface area contributed by atoms with Crippen molar-refractivity contribution in [2.24, 2.45) is 0 Å². The minimum absolute atomic E-state index is 0.152. The van der Waals surface area contributed by atoms with Gasteiger partial charge in [-0.1, -0.05) is 0 Å². The van der Waals surface area contributed by atoms with Crippen LogP contribution in [0.4, 0.5) is 13.2 Å². The number of hydrogen-bond donors (Lipinski definition) is 1. The normalized spacial score (nSPS) is 11.1. The Morgan fingerprint density at radius 3 is 2.68 bits per heavy atom. The summed E-state index contributed by atoms with van der Waals surface area (Å²) in [5, 5.41) is 0. The summed E-state index contributed by atoms with van der Waals surface area (Å²) in [6, 6.07) is 3.59. The quantitative estimate of drug-likeness (QED) is 0.547. The van der Waals surface area contributed by atoms with Crippen molar-refractivity contribution in [3.63, 3.8) is 0 Å². The van der Waals surface area contributed by atoms with Crippen molar-refractivity contribution in [2.45, 2.75) is 0 Å². The number of imidazole rings is 1. The molecule has 19 heavy (non-hydrogen) atoms. The van der Waals surface area contributed by atoms with Crippen LogP contribution in [0.15, 0.2) is 30.6 Å². The number of fused-ring (bicyclic) bond motifs is 1. The van der Waals surface area contributed by atoms with E-state index in [0.29, 0.717) is 11.0 Å². The van der Waals surface area contributed by atoms with Crippen LogP contribution >= 0.6 is 12.2 Å². The van der Waals surface area contributed by atoms with E-state index in [9.17, 15) is 13.2 Å². The molecule has 7 heteroatoms. The summed E-state index contributed by atoms with van der Waals surface area (Å²) < 4.78 is 41.5. The molecule has 0 aliphatic carbocycles. The fourth-order valence-electron chi connectivity index (χ4n) is 1.89. The molecule has 0 spiro atoms. The van der Waals surface area contributed by atoms with Gasteiger partial charge in [0.15, 0.2) is 22.2 Å². The van der Waals surface area contributed by atoms with Gasteiger partial charge in [0.25, 0.3) is 0 Å². The first kappa shape index (κ1) is 11.9. The van der Waals surface area contributed by atoms with E-state index in [1.807, 2.05) is 0 Å². The van der Waals surface area contributed by atoms with Crippen LogP contribution in [-0.2, 0) is 0 Å². The van der Waals surface area contributed by atoms with Gasteiger partial charge in [-0.25, -0.2) is 13.2 Å². The molecule has 0 bridgehead atoms. The van der Waals surface area contributed by atoms with Crippen LogP contribution in [0.3, 0.4) is 0 Å². The second kappa shape index (κ2) is 4.20. The van der Waals surface area contributed by atoms with E-state index < -0.39 is 17.5 Å². The highest BCUT2D eigenvalue weighted by Gasteiger charge is 2.17. The lowest BCUT2D eigenvalue weighted by atomic mass is 10.2. The number of pyridine rings is 1. The molecule has 0 aliphatic heterocycles. The van der Waals surface area contributed by atoms with Crippen molar-refractivity contribution in [2.75, 3.05) is 0 Å². The number of nitrogens with one attached hydrogen (secondary N) is 1. The monoisotopic (exact) mass is 281 g/mol. The van der Waals surface area contributed by atoms with Gasteiger partial charge in [0, 0.05) is 6.20 Å². The highest BCUT2D eigenvalue weighted by Crippen LogP contribution is 2.23. The number of aromatic nitrogens is 3. The highest BCUT2D eigenvalue weighted by atomic mass is 32.1. The largest absolute Gasteiger partial charge is 0.329 e. The lowest BCUT2D eigenvalue weighted by molar-refractivity contribution is 0.445. The summed E-state index contributed by atoms with van der Waals surface area (Å²) in [7, 11) is 0. The standard InChI is InChI=1S/C12H6F3N3S/c13-6-1-2-9(11(15)10(6)14)18-8-3-4-16-5-7(8)17-12(18)19/h1-5H,(H,17,19). The lowest BCUT2D eigenvalue weighted by Gasteiger charge is -2.06. The summed E-state index contributed by atoms with van der Waals surface area (Å²) in [5.41, 5.74) is 0.961. The van der Waals surface area contributed by atoms with Crippen molar-refractivity contribution >= 4 is 23.3 Å². The fraction of sp³-hybridized carbons (Fsp3) is 0. The first-order valence-corrected chi connectivity index (χ1v) is 5.69. The molecule has 0 saturated heterocycles. The maximum absolute atomic E-state index is 13.8. The summed E-state index contributed by atoms with van der Waals surface area (Å²) in [6.07, 6.45) is 3.01. The van der Waals surface area contributed by atoms with Gasteiger partial charge in [-0.3, -0.25) is 9.55 Å². The number of nitrogens with zero attached hydrogens (tertiary/aromatic N) is 2. The minimum Gasteiger partial charge on any atom is -0.329 e. The maximum atomic E-state index is 13.8. The molecule has 3 nitrogen and oxygen atoms in total. The van der Waals surface area contributed by atoms with Crippen LogP contribution in [0.25, 0.3) is 16.7 Å². The van der Waals surface area contributed by atoms with Gasteiger partial charge in [0.1, 0.15) is 0 Å². The van der Waals surface area contributed by atoms with Crippen LogP contribution in [-0.4, -0.2) is 14.5 Å². The summed E-state index contributed by atoms with van der Waals surface area (Å²) >= 11 is 5.07. The van der Waals surface area contributed by atoms with Gasteiger partial charge in [-0.15, -0.1) is 0 Å². The fourth-order valence-corrected chi connectivity index (χ4v) is 2.19. The van der Waals surface area contributed by atoms with Crippen molar-refractivity contribution in [1.29, 1.82) is 0 Å². The highest BCUT2D eigenvalue weighted by molar-refractivity contribution is 7.71. The molecule has 0 unspecified atom stereocenters. The van der Waals surface area contributed by atoms with Crippen LogP contribution in [0.1, 0.15) is 0 Å². The molecule has 0 atom stereocenters. The number of rotatable bonds is 1. The van der Waals surface area contributed by atoms with E-state index in [4.69, 9.17) is 12.2 Å². The first-order chi connectivity index (χ1) is 9.09. The van der Waals surface area contributed by atoms with Gasteiger partial charge < -0.3 is 4.98 Å². The number of benzene rings is 1. The molecule has 3 rings (SSSR count). The Morgan fingerprint density at radius 1 is 1.11 bits per heavy atom. The van der Waals surface area contributed by atoms with Gasteiger partial charge in [-0.2, -0.15) is 0 Å². The molecule has 0 radical (unpaired) electrons. The molecular weight excluding hydrogens is 275 g/mol. The molecule has 2 heterocycles. The van der Waals surface area contributed by atoms with Crippen molar-refractivity contribution in [3.05, 3.63) is 52.8 Å². The lowest BCUT2D eigenvalue weighted by Crippen LogP contribution is -2.02. The van der Waals surface area contributed by atoms with Gasteiger partial charge in [0.2, 0.25) is 0 Å². The van der Waals surface area contributed by atoms with E-state index in [1.54, 1.807) is 6.07 Å².